The second kappa shape index (κ2) is 11.4. The molecule has 0 radical (unpaired) electrons. The fourth-order valence-corrected chi connectivity index (χ4v) is 4.18. The van der Waals surface area contributed by atoms with Gasteiger partial charge in [0.25, 0.3) is 5.91 Å². The third-order valence-corrected chi connectivity index (χ3v) is 6.23. The summed E-state index contributed by atoms with van der Waals surface area (Å²) in [6.45, 7) is 7.14. The second-order valence-corrected chi connectivity index (χ2v) is 9.89. The molecule has 7 heteroatoms. The summed E-state index contributed by atoms with van der Waals surface area (Å²) < 4.78 is 8.12. The van der Waals surface area contributed by atoms with Crippen molar-refractivity contribution in [2.45, 2.75) is 39.3 Å². The van der Waals surface area contributed by atoms with E-state index in [9.17, 15) is 4.79 Å². The molecule has 0 saturated heterocycles. The number of carbonyl (C=O) groups is 1. The average Bonchev–Trinajstić information content (AvgIpc) is 3.26. The normalized spacial score (nSPS) is 12.1. The van der Waals surface area contributed by atoms with Crippen molar-refractivity contribution in [2.75, 3.05) is 19.4 Å². The first-order chi connectivity index (χ1) is 17.7. The number of carbonyl (C=O) groups excluding carboxylic acids is 1. The molecule has 1 N–H and O–H groups in total. The Morgan fingerprint density at radius 1 is 0.973 bits per heavy atom. The molecule has 0 aliphatic heterocycles. The Balaban J connectivity index is 1.42. The number of aromatic nitrogens is 3. The van der Waals surface area contributed by atoms with E-state index in [1.165, 1.54) is 5.56 Å². The predicted octanol–water partition coefficient (Wildman–Crippen LogP) is 6.06. The number of anilines is 1. The molecule has 4 aromatic rings. The van der Waals surface area contributed by atoms with Crippen LogP contribution >= 0.6 is 0 Å². The summed E-state index contributed by atoms with van der Waals surface area (Å²) in [5, 5.41) is 11.8. The highest BCUT2D eigenvalue weighted by atomic mass is 16.5. The number of rotatable bonds is 9. The van der Waals surface area contributed by atoms with Gasteiger partial charge in [-0.1, -0.05) is 38.1 Å². The molecule has 0 aliphatic rings. The van der Waals surface area contributed by atoms with E-state index in [1.807, 2.05) is 93.3 Å². The van der Waals surface area contributed by atoms with Gasteiger partial charge in [-0.3, -0.25) is 4.79 Å². The molecule has 0 fully saturated rings. The van der Waals surface area contributed by atoms with Crippen LogP contribution in [0.3, 0.4) is 0 Å². The fourth-order valence-electron chi connectivity index (χ4n) is 4.18. The van der Waals surface area contributed by atoms with Gasteiger partial charge in [0.1, 0.15) is 5.75 Å². The van der Waals surface area contributed by atoms with E-state index in [1.54, 1.807) is 0 Å². The predicted molar refractivity (Wildman–Crippen MR) is 148 cm³/mol. The number of benzene rings is 3. The summed E-state index contributed by atoms with van der Waals surface area (Å²) in [5.41, 5.74) is 4.64. The van der Waals surface area contributed by atoms with Gasteiger partial charge in [-0.25, -0.2) is 0 Å². The number of amides is 1. The van der Waals surface area contributed by atoms with Crippen LogP contribution in [0.1, 0.15) is 60.1 Å². The highest BCUT2D eigenvalue weighted by molar-refractivity contribution is 6.04. The molecule has 1 amide bonds. The third-order valence-electron chi connectivity index (χ3n) is 6.23. The Bertz CT molecular complexity index is 1340. The Labute approximate surface area is 219 Å². The van der Waals surface area contributed by atoms with Gasteiger partial charge < -0.3 is 19.5 Å². The molecule has 1 heterocycles. The second-order valence-electron chi connectivity index (χ2n) is 9.89. The molecule has 1 aromatic heterocycles. The number of nitrogens with zero attached hydrogens (tertiary/aromatic N) is 4. The van der Waals surface area contributed by atoms with Crippen LogP contribution < -0.4 is 10.1 Å². The van der Waals surface area contributed by atoms with Gasteiger partial charge in [-0.2, -0.15) is 0 Å². The molecular weight excluding hydrogens is 462 g/mol. The van der Waals surface area contributed by atoms with Crippen molar-refractivity contribution in [3.05, 3.63) is 95.3 Å². The molecule has 37 heavy (non-hydrogen) atoms. The largest absolute Gasteiger partial charge is 0.483 e. The molecule has 0 saturated carbocycles. The van der Waals surface area contributed by atoms with E-state index in [2.05, 4.69) is 46.4 Å². The third kappa shape index (κ3) is 6.43. The van der Waals surface area contributed by atoms with Crippen molar-refractivity contribution in [1.82, 2.24) is 19.7 Å². The minimum absolute atomic E-state index is 0.141. The summed E-state index contributed by atoms with van der Waals surface area (Å²) in [6, 6.07) is 23.4. The maximum Gasteiger partial charge on any atom is 0.255 e. The Morgan fingerprint density at radius 2 is 1.68 bits per heavy atom. The van der Waals surface area contributed by atoms with Crippen molar-refractivity contribution in [3.63, 3.8) is 0 Å². The molecule has 0 aliphatic carbocycles. The lowest BCUT2D eigenvalue weighted by atomic mass is 10.0. The van der Waals surface area contributed by atoms with Crippen molar-refractivity contribution in [2.24, 2.45) is 7.05 Å². The van der Waals surface area contributed by atoms with Crippen LogP contribution in [0.5, 0.6) is 5.75 Å². The van der Waals surface area contributed by atoms with Crippen LogP contribution in [-0.4, -0.2) is 39.7 Å². The zero-order chi connectivity index (χ0) is 26.5. The summed E-state index contributed by atoms with van der Waals surface area (Å²) in [4.78, 5) is 14.8. The molecule has 192 valence electrons. The summed E-state index contributed by atoms with van der Waals surface area (Å²) in [7, 11) is 5.98. The Kier molecular flexibility index (Phi) is 8.04. The molecule has 3 aromatic carbocycles. The first-order valence-electron chi connectivity index (χ1n) is 12.5. The molecule has 4 rings (SSSR count). The first kappa shape index (κ1) is 26.1. The van der Waals surface area contributed by atoms with Crippen molar-refractivity contribution in [1.29, 1.82) is 0 Å². The van der Waals surface area contributed by atoms with Crippen LogP contribution in [0.15, 0.2) is 72.8 Å². The van der Waals surface area contributed by atoms with Crippen LogP contribution in [0.25, 0.3) is 11.4 Å². The zero-order valence-electron chi connectivity index (χ0n) is 22.4. The quantitative estimate of drug-likeness (QED) is 0.304. The van der Waals surface area contributed by atoms with Gasteiger partial charge in [-0.15, -0.1) is 10.2 Å². The Morgan fingerprint density at radius 3 is 2.32 bits per heavy atom. The van der Waals surface area contributed by atoms with E-state index < -0.39 is 0 Å². The molecule has 7 nitrogen and oxygen atoms in total. The lowest BCUT2D eigenvalue weighted by Crippen LogP contribution is -2.13. The zero-order valence-corrected chi connectivity index (χ0v) is 22.4. The lowest BCUT2D eigenvalue weighted by molar-refractivity contribution is 0.102. The lowest BCUT2D eigenvalue weighted by Gasteiger charge is -2.16. The molecule has 1 atom stereocenters. The number of nitrogens with one attached hydrogen (secondary N) is 1. The highest BCUT2D eigenvalue weighted by Gasteiger charge is 2.18. The van der Waals surface area contributed by atoms with Gasteiger partial charge in [-0.05, 0) is 86.6 Å². The van der Waals surface area contributed by atoms with E-state index >= 15 is 0 Å². The van der Waals surface area contributed by atoms with E-state index in [-0.39, 0.29) is 12.0 Å². The number of hydrogen-bond donors (Lipinski definition) is 1. The summed E-state index contributed by atoms with van der Waals surface area (Å²) in [6.07, 6.45) is -0.267. The fraction of sp³-hybridized carbons (Fsp3) is 0.300. The van der Waals surface area contributed by atoms with Gasteiger partial charge in [0, 0.05) is 30.4 Å². The molecular formula is C30H35N5O2. The van der Waals surface area contributed by atoms with Crippen molar-refractivity contribution < 1.29 is 9.53 Å². The van der Waals surface area contributed by atoms with E-state index in [4.69, 9.17) is 4.74 Å². The number of hydrogen-bond acceptors (Lipinski definition) is 5. The van der Waals surface area contributed by atoms with Crippen molar-refractivity contribution in [3.8, 4) is 17.1 Å². The van der Waals surface area contributed by atoms with Crippen LogP contribution in [0, 0.1) is 0 Å². The topological polar surface area (TPSA) is 72.3 Å². The van der Waals surface area contributed by atoms with Crippen LogP contribution in [-0.2, 0) is 13.6 Å². The average molecular weight is 498 g/mol. The van der Waals surface area contributed by atoms with Crippen molar-refractivity contribution >= 4 is 11.6 Å². The van der Waals surface area contributed by atoms with Gasteiger partial charge in [0.15, 0.2) is 17.8 Å². The molecule has 0 spiro atoms. The summed E-state index contributed by atoms with van der Waals surface area (Å²) in [5.74, 6) is 2.57. The Hall–Kier alpha value is -3.97. The summed E-state index contributed by atoms with van der Waals surface area (Å²) >= 11 is 0. The smallest absolute Gasteiger partial charge is 0.255 e. The van der Waals surface area contributed by atoms with Gasteiger partial charge in [0.2, 0.25) is 0 Å². The minimum atomic E-state index is -0.267. The maximum atomic E-state index is 12.7. The first-order valence-corrected chi connectivity index (χ1v) is 12.5. The SMILES string of the molecule is CC(C)c1cccc(OC(C)c2nnc(-c3ccc(NC(=O)c4ccc(CN(C)C)cc4)cc3)n2C)c1. The molecule has 0 bridgehead atoms. The van der Waals surface area contributed by atoms with Crippen LogP contribution in [0.2, 0.25) is 0 Å². The highest BCUT2D eigenvalue weighted by Crippen LogP contribution is 2.27. The molecule has 1 unspecified atom stereocenters. The number of ether oxygens (including phenoxy) is 1. The standard InChI is InChI=1S/C30H35N5O2/c1-20(2)25-8-7-9-27(18-25)37-21(3)28-32-33-29(35(28)6)23-14-16-26(17-15-23)31-30(36)24-12-10-22(11-13-24)19-34(4)5/h7-18,20-21H,19H2,1-6H3,(H,31,36). The monoisotopic (exact) mass is 497 g/mol. The minimum Gasteiger partial charge on any atom is -0.483 e. The van der Waals surface area contributed by atoms with Gasteiger partial charge >= 0.3 is 0 Å². The maximum absolute atomic E-state index is 12.7. The van der Waals surface area contributed by atoms with E-state index in [0.29, 0.717) is 11.5 Å². The van der Waals surface area contributed by atoms with Crippen LogP contribution in [0.4, 0.5) is 5.69 Å². The van der Waals surface area contributed by atoms with Gasteiger partial charge in [0.05, 0.1) is 0 Å². The van der Waals surface area contributed by atoms with E-state index in [0.717, 1.165) is 40.8 Å².